The van der Waals surface area contributed by atoms with Crippen LogP contribution >= 0.6 is 0 Å². The fourth-order valence-corrected chi connectivity index (χ4v) is 1.90. The van der Waals surface area contributed by atoms with Gasteiger partial charge in [0, 0.05) is 12.1 Å². The van der Waals surface area contributed by atoms with Crippen molar-refractivity contribution < 1.29 is 14.3 Å². The number of fused-ring (bicyclic) bond motifs is 1. The predicted octanol–water partition coefficient (Wildman–Crippen LogP) is 1.10. The second kappa shape index (κ2) is 4.88. The Balaban J connectivity index is 2.51. The maximum atomic E-state index is 11.8. The van der Waals surface area contributed by atoms with Crippen molar-refractivity contribution in [2.45, 2.75) is 0 Å². The summed E-state index contributed by atoms with van der Waals surface area (Å²) in [6.45, 7) is 0.465. The number of nitrogens with zero attached hydrogens (tertiary/aromatic N) is 1. The molecule has 1 aromatic carbocycles. The van der Waals surface area contributed by atoms with E-state index in [-0.39, 0.29) is 19.0 Å². The van der Waals surface area contributed by atoms with E-state index in [9.17, 15) is 4.79 Å². The standard InChI is InChI=1S/C13H14N2O3/c1-4-5-15-10-7-12(18-3)11(17-2)6-9(10)14-8-13(15)16/h1,6-7,14H,5,8H2,2-3H3. The first-order chi connectivity index (χ1) is 8.71. The van der Waals surface area contributed by atoms with Gasteiger partial charge in [0.25, 0.3) is 0 Å². The average molecular weight is 246 g/mol. The fraction of sp³-hybridized carbons (Fsp3) is 0.308. The molecule has 1 N–H and O–H groups in total. The lowest BCUT2D eigenvalue weighted by Crippen LogP contribution is -2.40. The van der Waals surface area contributed by atoms with Gasteiger partial charge in [0.2, 0.25) is 5.91 Å². The van der Waals surface area contributed by atoms with Gasteiger partial charge in [-0.05, 0) is 0 Å². The molecule has 18 heavy (non-hydrogen) atoms. The molecule has 1 amide bonds. The summed E-state index contributed by atoms with van der Waals surface area (Å²) >= 11 is 0. The summed E-state index contributed by atoms with van der Waals surface area (Å²) in [5.41, 5.74) is 1.52. The molecule has 94 valence electrons. The Hall–Kier alpha value is -2.35. The minimum atomic E-state index is -0.0623. The van der Waals surface area contributed by atoms with Crippen LogP contribution in [-0.4, -0.2) is 33.2 Å². The average Bonchev–Trinajstić information content (AvgIpc) is 2.40. The van der Waals surface area contributed by atoms with E-state index in [1.807, 2.05) is 0 Å². The van der Waals surface area contributed by atoms with Crippen LogP contribution in [0.15, 0.2) is 12.1 Å². The maximum absolute atomic E-state index is 11.8. The van der Waals surface area contributed by atoms with Gasteiger partial charge in [0.05, 0.1) is 38.7 Å². The second-order valence-electron chi connectivity index (χ2n) is 3.76. The van der Waals surface area contributed by atoms with Crippen LogP contribution in [-0.2, 0) is 4.79 Å². The zero-order valence-electron chi connectivity index (χ0n) is 10.3. The predicted molar refractivity (Wildman–Crippen MR) is 69.2 cm³/mol. The number of ether oxygens (including phenoxy) is 2. The van der Waals surface area contributed by atoms with Crippen molar-refractivity contribution >= 4 is 17.3 Å². The molecule has 1 aliphatic rings. The van der Waals surface area contributed by atoms with E-state index in [2.05, 4.69) is 11.2 Å². The summed E-state index contributed by atoms with van der Waals surface area (Å²) in [5, 5.41) is 3.03. The number of anilines is 2. The Kier molecular flexibility index (Phi) is 3.28. The van der Waals surface area contributed by atoms with E-state index in [0.29, 0.717) is 17.2 Å². The third-order valence-corrected chi connectivity index (χ3v) is 2.77. The zero-order valence-corrected chi connectivity index (χ0v) is 10.3. The van der Waals surface area contributed by atoms with Gasteiger partial charge in [-0.1, -0.05) is 5.92 Å². The first-order valence-corrected chi connectivity index (χ1v) is 5.45. The molecule has 0 saturated carbocycles. The molecular formula is C13H14N2O3. The van der Waals surface area contributed by atoms with Crippen molar-refractivity contribution in [2.75, 3.05) is 37.5 Å². The lowest BCUT2D eigenvalue weighted by atomic mass is 10.1. The smallest absolute Gasteiger partial charge is 0.247 e. The Bertz CT molecular complexity index is 520. The second-order valence-corrected chi connectivity index (χ2v) is 3.76. The van der Waals surface area contributed by atoms with Crippen LogP contribution in [0, 0.1) is 12.3 Å². The number of hydrogen-bond donors (Lipinski definition) is 1. The lowest BCUT2D eigenvalue weighted by molar-refractivity contribution is -0.117. The van der Waals surface area contributed by atoms with Crippen molar-refractivity contribution in [3.63, 3.8) is 0 Å². The highest BCUT2D eigenvalue weighted by Gasteiger charge is 2.25. The summed E-state index contributed by atoms with van der Waals surface area (Å²) in [5.74, 6) is 3.59. The molecule has 0 radical (unpaired) electrons. The molecule has 0 fully saturated rings. The molecule has 1 heterocycles. The van der Waals surface area contributed by atoms with Crippen LogP contribution in [0.25, 0.3) is 0 Å². The van der Waals surface area contributed by atoms with Crippen LogP contribution < -0.4 is 19.7 Å². The van der Waals surface area contributed by atoms with Gasteiger partial charge in [-0.2, -0.15) is 0 Å². The van der Waals surface area contributed by atoms with Crippen LogP contribution in [0.1, 0.15) is 0 Å². The van der Waals surface area contributed by atoms with Crippen LogP contribution in [0.2, 0.25) is 0 Å². The molecule has 0 unspecified atom stereocenters. The normalized spacial score (nSPS) is 13.4. The zero-order chi connectivity index (χ0) is 13.1. The molecule has 0 spiro atoms. The first kappa shape index (κ1) is 12.1. The maximum Gasteiger partial charge on any atom is 0.247 e. The third kappa shape index (κ3) is 1.93. The highest BCUT2D eigenvalue weighted by Crippen LogP contribution is 2.39. The number of hydrogen-bond acceptors (Lipinski definition) is 4. The van der Waals surface area contributed by atoms with Crippen molar-refractivity contribution in [3.8, 4) is 23.8 Å². The number of terminal acetylenes is 1. The minimum Gasteiger partial charge on any atom is -0.493 e. The number of carbonyl (C=O) groups excluding carboxylic acids is 1. The fourth-order valence-electron chi connectivity index (χ4n) is 1.90. The summed E-state index contributed by atoms with van der Waals surface area (Å²) in [7, 11) is 3.12. The largest absolute Gasteiger partial charge is 0.493 e. The summed E-state index contributed by atoms with van der Waals surface area (Å²) in [6, 6.07) is 3.54. The van der Waals surface area contributed by atoms with Crippen LogP contribution in [0.4, 0.5) is 11.4 Å². The Morgan fingerprint density at radius 2 is 2.06 bits per heavy atom. The van der Waals surface area contributed by atoms with Crippen molar-refractivity contribution in [3.05, 3.63) is 12.1 Å². The minimum absolute atomic E-state index is 0.0623. The topological polar surface area (TPSA) is 50.8 Å². The highest BCUT2D eigenvalue weighted by molar-refractivity contribution is 6.03. The van der Waals surface area contributed by atoms with Gasteiger partial charge in [0.1, 0.15) is 0 Å². The third-order valence-electron chi connectivity index (χ3n) is 2.77. The van der Waals surface area contributed by atoms with Gasteiger partial charge in [0.15, 0.2) is 11.5 Å². The van der Waals surface area contributed by atoms with Gasteiger partial charge >= 0.3 is 0 Å². The van der Waals surface area contributed by atoms with E-state index in [0.717, 1.165) is 5.69 Å². The van der Waals surface area contributed by atoms with E-state index >= 15 is 0 Å². The molecule has 2 rings (SSSR count). The first-order valence-electron chi connectivity index (χ1n) is 5.45. The summed E-state index contributed by atoms with van der Waals surface area (Å²) < 4.78 is 10.4. The Morgan fingerprint density at radius 1 is 1.39 bits per heavy atom. The number of rotatable bonds is 3. The Labute approximate surface area is 106 Å². The SMILES string of the molecule is C#CCN1C(=O)CNc2cc(OC)c(OC)cc21. The quantitative estimate of drug-likeness (QED) is 0.811. The molecule has 1 aliphatic heterocycles. The van der Waals surface area contributed by atoms with E-state index in [1.165, 1.54) is 0 Å². The van der Waals surface area contributed by atoms with Crippen molar-refractivity contribution in [1.82, 2.24) is 0 Å². The van der Waals surface area contributed by atoms with Crippen LogP contribution in [0.5, 0.6) is 11.5 Å². The molecular weight excluding hydrogens is 232 g/mol. The summed E-state index contributed by atoms with van der Waals surface area (Å²) in [4.78, 5) is 13.3. The van der Waals surface area contributed by atoms with E-state index in [4.69, 9.17) is 15.9 Å². The molecule has 0 saturated heterocycles. The molecule has 5 heteroatoms. The molecule has 0 aliphatic carbocycles. The molecule has 0 atom stereocenters. The monoisotopic (exact) mass is 246 g/mol. The number of benzene rings is 1. The van der Waals surface area contributed by atoms with Gasteiger partial charge < -0.3 is 14.8 Å². The number of carbonyl (C=O) groups is 1. The van der Waals surface area contributed by atoms with Gasteiger partial charge in [-0.3, -0.25) is 9.69 Å². The Morgan fingerprint density at radius 3 is 2.67 bits per heavy atom. The van der Waals surface area contributed by atoms with Gasteiger partial charge in [-0.25, -0.2) is 0 Å². The van der Waals surface area contributed by atoms with Crippen molar-refractivity contribution in [1.29, 1.82) is 0 Å². The van der Waals surface area contributed by atoms with E-state index in [1.54, 1.807) is 31.3 Å². The number of methoxy groups -OCH3 is 2. The molecule has 0 aromatic heterocycles. The number of nitrogens with one attached hydrogen (secondary N) is 1. The van der Waals surface area contributed by atoms with Gasteiger partial charge in [-0.15, -0.1) is 6.42 Å². The molecule has 5 nitrogen and oxygen atoms in total. The molecule has 1 aromatic rings. The summed E-state index contributed by atoms with van der Waals surface area (Å²) in [6.07, 6.45) is 5.29. The number of amides is 1. The molecule has 0 bridgehead atoms. The highest BCUT2D eigenvalue weighted by atomic mass is 16.5. The van der Waals surface area contributed by atoms with Crippen LogP contribution in [0.3, 0.4) is 0 Å². The van der Waals surface area contributed by atoms with E-state index < -0.39 is 0 Å². The van der Waals surface area contributed by atoms with Crippen molar-refractivity contribution in [2.24, 2.45) is 0 Å². The lowest BCUT2D eigenvalue weighted by Gasteiger charge is -2.29.